The number of aliphatic hydroxyl groups excluding tert-OH is 1. The highest BCUT2D eigenvalue weighted by Gasteiger charge is 2.38. The van der Waals surface area contributed by atoms with Crippen molar-refractivity contribution in [2.24, 2.45) is 0 Å². The molecule has 2 atom stereocenters. The van der Waals surface area contributed by atoms with E-state index in [0.717, 1.165) is 10.9 Å². The van der Waals surface area contributed by atoms with Crippen LogP contribution in [0.3, 0.4) is 0 Å². The monoisotopic (exact) mass is 523 g/mol. The molecule has 0 aliphatic rings. The molecule has 0 saturated carbocycles. The number of nitrogens with zero attached hydrogens (tertiary/aromatic N) is 8. The summed E-state index contributed by atoms with van der Waals surface area (Å²) in [5, 5.41) is 26.7. The van der Waals surface area contributed by atoms with Gasteiger partial charge in [0.1, 0.15) is 18.2 Å². The number of aliphatic hydroxyl groups is 1. The highest BCUT2D eigenvalue weighted by Crippen LogP contribution is 2.35. The molecule has 0 saturated heterocycles. The smallest absolute Gasteiger partial charge is 0.437 e. The summed E-state index contributed by atoms with van der Waals surface area (Å²) in [6, 6.07) is 4.48. The Labute approximate surface area is 207 Å². The van der Waals surface area contributed by atoms with Gasteiger partial charge in [0, 0.05) is 24.2 Å². The Kier molecular flexibility index (Phi) is 7.35. The molecule has 36 heavy (non-hydrogen) atoms. The number of anilines is 2. The maximum Gasteiger partial charge on any atom is 0.437 e. The van der Waals surface area contributed by atoms with Gasteiger partial charge in [-0.2, -0.15) is 18.3 Å². The number of rotatable bonds is 9. The standard InChI is InChI=1S/C21H21ClF3N9O2/c1-12(10-35)34-9-17(19(30-34)21(23,24)25)29-20-26-6-15(7-27-20)14-3-4-16(22)18(5-14)36-13(2)8-33-11-28-31-32-33/h3-7,9,11-13,35H,8,10H2,1-2H3,(H,26,27,29)/t12-,13-/m0/s1. The zero-order valence-electron chi connectivity index (χ0n) is 19.1. The number of nitrogens with one attached hydrogen (secondary N) is 1. The van der Waals surface area contributed by atoms with E-state index < -0.39 is 17.9 Å². The molecule has 1 aromatic carbocycles. The van der Waals surface area contributed by atoms with Crippen LogP contribution in [0.4, 0.5) is 24.8 Å². The van der Waals surface area contributed by atoms with Crippen LogP contribution in [0, 0.1) is 0 Å². The second-order valence-corrected chi connectivity index (χ2v) is 8.33. The minimum Gasteiger partial charge on any atom is -0.487 e. The van der Waals surface area contributed by atoms with Gasteiger partial charge >= 0.3 is 6.18 Å². The second kappa shape index (κ2) is 10.5. The first-order chi connectivity index (χ1) is 17.1. The molecule has 4 aromatic rings. The van der Waals surface area contributed by atoms with Gasteiger partial charge < -0.3 is 15.2 Å². The molecule has 0 radical (unpaired) electrons. The Morgan fingerprint density at radius 3 is 2.56 bits per heavy atom. The summed E-state index contributed by atoms with van der Waals surface area (Å²) in [5.41, 5.74) is -0.174. The Bertz CT molecular complexity index is 1300. The van der Waals surface area contributed by atoms with Gasteiger partial charge in [-0.3, -0.25) is 4.68 Å². The third-order valence-corrected chi connectivity index (χ3v) is 5.36. The predicted octanol–water partition coefficient (Wildman–Crippen LogP) is 3.76. The lowest BCUT2D eigenvalue weighted by atomic mass is 10.1. The number of hydrogen-bond acceptors (Lipinski definition) is 9. The normalized spacial score (nSPS) is 13.4. The molecule has 0 aliphatic heterocycles. The third-order valence-electron chi connectivity index (χ3n) is 5.04. The number of aromatic nitrogens is 8. The summed E-state index contributed by atoms with van der Waals surface area (Å²) in [4.78, 5) is 8.27. The van der Waals surface area contributed by atoms with Gasteiger partial charge in [0.2, 0.25) is 5.95 Å². The van der Waals surface area contributed by atoms with E-state index in [0.29, 0.717) is 28.4 Å². The lowest BCUT2D eigenvalue weighted by Crippen LogP contribution is -2.20. The molecule has 0 aliphatic carbocycles. The molecule has 3 heterocycles. The van der Waals surface area contributed by atoms with Gasteiger partial charge in [-0.15, -0.1) is 5.10 Å². The fraction of sp³-hybridized carbons (Fsp3) is 0.333. The molecule has 0 fully saturated rings. The summed E-state index contributed by atoms with van der Waals surface area (Å²) in [7, 11) is 0. The van der Waals surface area contributed by atoms with Crippen LogP contribution in [0.1, 0.15) is 25.6 Å². The largest absolute Gasteiger partial charge is 0.487 e. The molecule has 0 bridgehead atoms. The first kappa shape index (κ1) is 25.3. The molecule has 11 nitrogen and oxygen atoms in total. The van der Waals surface area contributed by atoms with E-state index in [-0.39, 0.29) is 24.3 Å². The van der Waals surface area contributed by atoms with E-state index >= 15 is 0 Å². The zero-order chi connectivity index (χ0) is 25.9. The topological polar surface area (TPSA) is 129 Å². The molecule has 4 rings (SSSR count). The lowest BCUT2D eigenvalue weighted by molar-refractivity contribution is -0.141. The van der Waals surface area contributed by atoms with E-state index in [1.807, 2.05) is 6.92 Å². The van der Waals surface area contributed by atoms with Gasteiger partial charge in [-0.25, -0.2) is 14.6 Å². The Morgan fingerprint density at radius 2 is 1.92 bits per heavy atom. The highest BCUT2D eigenvalue weighted by molar-refractivity contribution is 6.32. The summed E-state index contributed by atoms with van der Waals surface area (Å²) in [6.45, 7) is 3.42. The molecular formula is C21H21ClF3N9O2. The molecule has 0 unspecified atom stereocenters. The van der Waals surface area contributed by atoms with Crippen LogP contribution in [-0.4, -0.2) is 57.8 Å². The number of ether oxygens (including phenoxy) is 1. The predicted molar refractivity (Wildman–Crippen MR) is 123 cm³/mol. The summed E-state index contributed by atoms with van der Waals surface area (Å²) < 4.78 is 48.8. The van der Waals surface area contributed by atoms with Crippen molar-refractivity contribution in [2.45, 2.75) is 38.7 Å². The van der Waals surface area contributed by atoms with Gasteiger partial charge in [0.15, 0.2) is 5.69 Å². The Hall–Kier alpha value is -3.78. The minimum absolute atomic E-state index is 0.0547. The number of tetrazole rings is 1. The van der Waals surface area contributed by atoms with Crippen molar-refractivity contribution in [2.75, 3.05) is 11.9 Å². The maximum absolute atomic E-state index is 13.4. The van der Waals surface area contributed by atoms with Crippen molar-refractivity contribution in [1.29, 1.82) is 0 Å². The molecule has 0 spiro atoms. The summed E-state index contributed by atoms with van der Waals surface area (Å²) in [6.07, 6.45) is 0.550. The van der Waals surface area contributed by atoms with E-state index in [1.165, 1.54) is 23.4 Å². The molecule has 3 aromatic heterocycles. The molecule has 2 N–H and O–H groups in total. The number of benzene rings is 1. The molecule has 15 heteroatoms. The van der Waals surface area contributed by atoms with Crippen LogP contribution in [0.25, 0.3) is 11.1 Å². The van der Waals surface area contributed by atoms with Crippen molar-refractivity contribution in [3.8, 4) is 16.9 Å². The van der Waals surface area contributed by atoms with Crippen LogP contribution in [0.5, 0.6) is 5.75 Å². The molecule has 190 valence electrons. The summed E-state index contributed by atoms with van der Waals surface area (Å²) >= 11 is 6.28. The van der Waals surface area contributed by atoms with Crippen molar-refractivity contribution in [3.05, 3.63) is 53.8 Å². The lowest BCUT2D eigenvalue weighted by Gasteiger charge is -2.16. The van der Waals surface area contributed by atoms with E-state index in [4.69, 9.17) is 16.3 Å². The number of hydrogen-bond donors (Lipinski definition) is 2. The second-order valence-electron chi connectivity index (χ2n) is 7.93. The van der Waals surface area contributed by atoms with Gasteiger partial charge in [-0.05, 0) is 42.0 Å². The fourth-order valence-electron chi connectivity index (χ4n) is 3.22. The fourth-order valence-corrected chi connectivity index (χ4v) is 3.38. The third kappa shape index (κ3) is 5.88. The first-order valence-electron chi connectivity index (χ1n) is 10.7. The summed E-state index contributed by atoms with van der Waals surface area (Å²) in [5.74, 6) is 0.373. The average molecular weight is 524 g/mol. The van der Waals surface area contributed by atoms with Crippen molar-refractivity contribution < 1.29 is 23.0 Å². The van der Waals surface area contributed by atoms with E-state index in [2.05, 4.69) is 35.9 Å². The minimum atomic E-state index is -4.70. The van der Waals surface area contributed by atoms with Gasteiger partial charge in [0.25, 0.3) is 0 Å². The van der Waals surface area contributed by atoms with Crippen LogP contribution in [-0.2, 0) is 12.7 Å². The van der Waals surface area contributed by atoms with Crippen molar-refractivity contribution in [3.63, 3.8) is 0 Å². The van der Waals surface area contributed by atoms with Crippen molar-refractivity contribution >= 4 is 23.2 Å². The number of halogens is 4. The van der Waals surface area contributed by atoms with Crippen LogP contribution in [0.15, 0.2) is 43.1 Å². The average Bonchev–Trinajstić information content (AvgIpc) is 3.50. The van der Waals surface area contributed by atoms with Crippen LogP contribution >= 0.6 is 11.6 Å². The zero-order valence-corrected chi connectivity index (χ0v) is 19.8. The maximum atomic E-state index is 13.4. The van der Waals surface area contributed by atoms with Gasteiger partial charge in [-0.1, -0.05) is 17.7 Å². The first-order valence-corrected chi connectivity index (χ1v) is 11.1. The molecular weight excluding hydrogens is 503 g/mol. The van der Waals surface area contributed by atoms with Crippen LogP contribution < -0.4 is 10.1 Å². The van der Waals surface area contributed by atoms with Crippen LogP contribution in [0.2, 0.25) is 5.02 Å². The number of alkyl halides is 3. The van der Waals surface area contributed by atoms with E-state index in [1.54, 1.807) is 25.1 Å². The van der Waals surface area contributed by atoms with E-state index in [9.17, 15) is 18.3 Å². The Balaban J connectivity index is 1.51. The molecule has 0 amide bonds. The highest BCUT2D eigenvalue weighted by atomic mass is 35.5. The quantitative estimate of drug-likeness (QED) is 0.337. The van der Waals surface area contributed by atoms with Crippen molar-refractivity contribution in [1.82, 2.24) is 40.0 Å². The van der Waals surface area contributed by atoms with Gasteiger partial charge in [0.05, 0.1) is 29.9 Å². The Morgan fingerprint density at radius 1 is 1.17 bits per heavy atom. The SMILES string of the molecule is C[C@@H](Cn1cnnn1)Oc1cc(-c2cnc(Nc3cn([C@@H](C)CO)nc3C(F)(F)F)nc2)ccc1Cl.